The van der Waals surface area contributed by atoms with Crippen LogP contribution in [0.5, 0.6) is 11.5 Å². The van der Waals surface area contributed by atoms with E-state index in [1.807, 2.05) is 48.5 Å². The Bertz CT molecular complexity index is 857. The average molecular weight is 340 g/mol. The lowest BCUT2D eigenvalue weighted by molar-refractivity contribution is -0.124. The lowest BCUT2D eigenvalue weighted by atomic mass is 10.2. The molecule has 2 aromatic carbocycles. The van der Waals surface area contributed by atoms with Gasteiger partial charge in [0.15, 0.2) is 5.13 Å². The summed E-state index contributed by atoms with van der Waals surface area (Å²) in [5, 5.41) is 3.43. The second-order valence-electron chi connectivity index (χ2n) is 5.55. The molecule has 1 atom stereocenters. The zero-order valence-corrected chi connectivity index (χ0v) is 13.7. The quantitative estimate of drug-likeness (QED) is 0.773. The van der Waals surface area contributed by atoms with E-state index in [4.69, 9.17) is 9.47 Å². The van der Waals surface area contributed by atoms with Crippen molar-refractivity contribution in [2.24, 2.45) is 0 Å². The zero-order valence-electron chi connectivity index (χ0n) is 12.9. The van der Waals surface area contributed by atoms with Crippen LogP contribution in [0.4, 0.5) is 5.13 Å². The van der Waals surface area contributed by atoms with Crippen LogP contribution in [-0.4, -0.2) is 23.6 Å². The van der Waals surface area contributed by atoms with Crippen molar-refractivity contribution in [3.05, 3.63) is 48.5 Å². The standard InChI is InChI=1S/C18H16N2O3S/c21-17(15-7-4-10-22-15)20-18-19-14-9-8-13(11-16(14)24-18)23-12-5-2-1-3-6-12/h1-3,5-6,8-9,11,15H,4,7,10H2,(H,19,20,21)/t15-/m1/s1. The Hall–Kier alpha value is -2.44. The Labute approximate surface area is 143 Å². The lowest BCUT2D eigenvalue weighted by Crippen LogP contribution is -2.26. The molecule has 1 aliphatic heterocycles. The van der Waals surface area contributed by atoms with Crippen molar-refractivity contribution in [3.63, 3.8) is 0 Å². The minimum absolute atomic E-state index is 0.118. The van der Waals surface area contributed by atoms with Crippen LogP contribution in [-0.2, 0) is 9.53 Å². The van der Waals surface area contributed by atoms with Crippen LogP contribution in [0.3, 0.4) is 0 Å². The highest BCUT2D eigenvalue weighted by Crippen LogP contribution is 2.31. The van der Waals surface area contributed by atoms with Gasteiger partial charge in [0, 0.05) is 12.7 Å². The fourth-order valence-corrected chi connectivity index (χ4v) is 3.51. The molecule has 1 saturated heterocycles. The predicted octanol–water partition coefficient (Wildman–Crippen LogP) is 4.21. The molecule has 1 fully saturated rings. The van der Waals surface area contributed by atoms with Crippen LogP contribution < -0.4 is 10.1 Å². The third kappa shape index (κ3) is 3.25. The van der Waals surface area contributed by atoms with Crippen LogP contribution in [0.15, 0.2) is 48.5 Å². The summed E-state index contributed by atoms with van der Waals surface area (Å²) in [6.45, 7) is 0.651. The van der Waals surface area contributed by atoms with Crippen LogP contribution in [0.25, 0.3) is 10.2 Å². The van der Waals surface area contributed by atoms with E-state index >= 15 is 0 Å². The number of amides is 1. The van der Waals surface area contributed by atoms with Crippen LogP contribution in [0.1, 0.15) is 12.8 Å². The second-order valence-corrected chi connectivity index (χ2v) is 6.59. The molecule has 5 nitrogen and oxygen atoms in total. The summed E-state index contributed by atoms with van der Waals surface area (Å²) in [6, 6.07) is 15.3. The van der Waals surface area contributed by atoms with Gasteiger partial charge in [0.05, 0.1) is 10.2 Å². The molecule has 1 N–H and O–H groups in total. The van der Waals surface area contributed by atoms with E-state index in [0.29, 0.717) is 11.7 Å². The van der Waals surface area contributed by atoms with Crippen molar-refractivity contribution in [1.29, 1.82) is 0 Å². The molecule has 0 bridgehead atoms. The molecular formula is C18H16N2O3S. The van der Waals surface area contributed by atoms with E-state index in [1.54, 1.807) is 0 Å². The minimum atomic E-state index is -0.353. The summed E-state index contributed by atoms with van der Waals surface area (Å²) in [5.41, 5.74) is 0.836. The fraction of sp³-hybridized carbons (Fsp3) is 0.222. The van der Waals surface area contributed by atoms with Crippen LogP contribution in [0, 0.1) is 0 Å². The number of ether oxygens (including phenoxy) is 2. The first-order valence-electron chi connectivity index (χ1n) is 7.84. The number of para-hydroxylation sites is 1. The van der Waals surface area contributed by atoms with Crippen molar-refractivity contribution in [3.8, 4) is 11.5 Å². The van der Waals surface area contributed by atoms with Gasteiger partial charge in [0.2, 0.25) is 0 Å². The molecule has 0 aliphatic carbocycles. The number of aromatic nitrogens is 1. The molecule has 0 spiro atoms. The Morgan fingerprint density at radius 3 is 2.88 bits per heavy atom. The molecule has 122 valence electrons. The maximum atomic E-state index is 12.1. The van der Waals surface area contributed by atoms with Gasteiger partial charge in [-0.3, -0.25) is 10.1 Å². The number of nitrogens with one attached hydrogen (secondary N) is 1. The van der Waals surface area contributed by atoms with Gasteiger partial charge in [-0.2, -0.15) is 0 Å². The summed E-state index contributed by atoms with van der Waals surface area (Å²) < 4.78 is 12.2. The highest BCUT2D eigenvalue weighted by Gasteiger charge is 2.24. The van der Waals surface area contributed by atoms with E-state index < -0.39 is 0 Å². The normalized spacial score (nSPS) is 17.1. The lowest BCUT2D eigenvalue weighted by Gasteiger charge is -2.07. The Morgan fingerprint density at radius 1 is 1.21 bits per heavy atom. The first-order valence-corrected chi connectivity index (χ1v) is 8.65. The molecule has 1 aromatic heterocycles. The van der Waals surface area contributed by atoms with Crippen LogP contribution >= 0.6 is 11.3 Å². The average Bonchev–Trinajstić information content (AvgIpc) is 3.24. The van der Waals surface area contributed by atoms with Crippen molar-refractivity contribution < 1.29 is 14.3 Å². The van der Waals surface area contributed by atoms with Gasteiger partial charge in [-0.05, 0) is 37.1 Å². The number of nitrogens with zero attached hydrogens (tertiary/aromatic N) is 1. The van der Waals surface area contributed by atoms with Gasteiger partial charge in [-0.25, -0.2) is 4.98 Å². The number of carbonyl (C=O) groups excluding carboxylic acids is 1. The van der Waals surface area contributed by atoms with Gasteiger partial charge >= 0.3 is 0 Å². The van der Waals surface area contributed by atoms with E-state index in [0.717, 1.165) is 34.6 Å². The van der Waals surface area contributed by atoms with Gasteiger partial charge in [-0.15, -0.1) is 0 Å². The van der Waals surface area contributed by atoms with Crippen molar-refractivity contribution >= 4 is 32.6 Å². The molecule has 2 heterocycles. The van der Waals surface area contributed by atoms with Crippen LogP contribution in [0.2, 0.25) is 0 Å². The highest BCUT2D eigenvalue weighted by atomic mass is 32.1. The molecule has 4 rings (SSSR count). The number of fused-ring (bicyclic) bond motifs is 1. The fourth-order valence-electron chi connectivity index (χ4n) is 2.62. The number of anilines is 1. The molecular weight excluding hydrogens is 324 g/mol. The maximum absolute atomic E-state index is 12.1. The first kappa shape index (κ1) is 15.1. The van der Waals surface area contributed by atoms with E-state index in [2.05, 4.69) is 10.3 Å². The van der Waals surface area contributed by atoms with Gasteiger partial charge in [0.1, 0.15) is 17.6 Å². The van der Waals surface area contributed by atoms with Gasteiger partial charge in [-0.1, -0.05) is 29.5 Å². The summed E-state index contributed by atoms with van der Waals surface area (Å²) in [4.78, 5) is 16.6. The smallest absolute Gasteiger partial charge is 0.255 e. The molecule has 6 heteroatoms. The van der Waals surface area contributed by atoms with Crippen molar-refractivity contribution in [2.75, 3.05) is 11.9 Å². The molecule has 3 aromatic rings. The third-order valence-electron chi connectivity index (χ3n) is 3.79. The summed E-state index contributed by atoms with van der Waals surface area (Å²) in [7, 11) is 0. The Balaban J connectivity index is 1.51. The van der Waals surface area contributed by atoms with E-state index in [1.165, 1.54) is 11.3 Å². The first-order chi connectivity index (χ1) is 11.8. The molecule has 24 heavy (non-hydrogen) atoms. The summed E-state index contributed by atoms with van der Waals surface area (Å²) >= 11 is 1.43. The Kier molecular flexibility index (Phi) is 4.15. The summed E-state index contributed by atoms with van der Waals surface area (Å²) in [6.07, 6.45) is 1.35. The highest BCUT2D eigenvalue weighted by molar-refractivity contribution is 7.22. The molecule has 1 aliphatic rings. The van der Waals surface area contributed by atoms with Crippen molar-refractivity contribution in [2.45, 2.75) is 18.9 Å². The number of hydrogen-bond acceptors (Lipinski definition) is 5. The topological polar surface area (TPSA) is 60.5 Å². The third-order valence-corrected chi connectivity index (χ3v) is 4.72. The number of rotatable bonds is 4. The maximum Gasteiger partial charge on any atom is 0.255 e. The number of carbonyl (C=O) groups is 1. The second kappa shape index (κ2) is 6.59. The molecule has 0 unspecified atom stereocenters. The molecule has 0 radical (unpaired) electrons. The van der Waals surface area contributed by atoms with E-state index in [9.17, 15) is 4.79 Å². The Morgan fingerprint density at radius 2 is 2.08 bits per heavy atom. The SMILES string of the molecule is O=C(Nc1nc2ccc(Oc3ccccc3)cc2s1)[C@H]1CCCO1. The summed E-state index contributed by atoms with van der Waals surface area (Å²) in [5.74, 6) is 1.41. The zero-order chi connectivity index (χ0) is 16.4. The largest absolute Gasteiger partial charge is 0.457 e. The van der Waals surface area contributed by atoms with Gasteiger partial charge < -0.3 is 9.47 Å². The molecule has 0 saturated carbocycles. The minimum Gasteiger partial charge on any atom is -0.457 e. The van der Waals surface area contributed by atoms with Crippen molar-refractivity contribution in [1.82, 2.24) is 4.98 Å². The number of benzene rings is 2. The monoisotopic (exact) mass is 340 g/mol. The number of hydrogen-bond donors (Lipinski definition) is 1. The number of thiazole rings is 1. The van der Waals surface area contributed by atoms with Gasteiger partial charge in [0.25, 0.3) is 5.91 Å². The predicted molar refractivity (Wildman–Crippen MR) is 93.7 cm³/mol. The molecule has 1 amide bonds. The van der Waals surface area contributed by atoms with E-state index in [-0.39, 0.29) is 12.0 Å².